The van der Waals surface area contributed by atoms with E-state index in [-0.39, 0.29) is 12.8 Å². The van der Waals surface area contributed by atoms with E-state index >= 15 is 0 Å². The number of fused-ring (bicyclic) bond motifs is 1. The third kappa shape index (κ3) is 2.30. The molecule has 0 unspecified atom stereocenters. The van der Waals surface area contributed by atoms with Crippen molar-refractivity contribution in [2.75, 3.05) is 5.73 Å². The van der Waals surface area contributed by atoms with E-state index < -0.39 is 5.92 Å². The maximum absolute atomic E-state index is 13.1. The molecule has 0 bridgehead atoms. The van der Waals surface area contributed by atoms with Crippen LogP contribution in [-0.4, -0.2) is 10.9 Å². The highest BCUT2D eigenvalue weighted by Crippen LogP contribution is 2.37. The number of hydrogen-bond acceptors (Lipinski definition) is 2. The van der Waals surface area contributed by atoms with E-state index in [0.29, 0.717) is 12.2 Å². The molecule has 2 nitrogen and oxygen atoms in total. The summed E-state index contributed by atoms with van der Waals surface area (Å²) >= 11 is 0. The Kier molecular flexibility index (Phi) is 2.73. The van der Waals surface area contributed by atoms with Crippen LogP contribution in [0.15, 0.2) is 36.5 Å². The number of alkyl halides is 2. The van der Waals surface area contributed by atoms with Crippen molar-refractivity contribution in [1.82, 2.24) is 4.98 Å². The van der Waals surface area contributed by atoms with Gasteiger partial charge in [0.2, 0.25) is 0 Å². The lowest BCUT2D eigenvalue weighted by molar-refractivity contribution is -0.00602. The Bertz CT molecular complexity index is 662. The molecular formula is C15H14F2N2. The number of pyridine rings is 1. The fourth-order valence-electron chi connectivity index (χ4n) is 2.45. The van der Waals surface area contributed by atoms with Crippen molar-refractivity contribution >= 4 is 22.2 Å². The molecule has 4 heteroatoms. The highest BCUT2D eigenvalue weighted by molar-refractivity contribution is 5.93. The summed E-state index contributed by atoms with van der Waals surface area (Å²) in [6.45, 7) is 0. The van der Waals surface area contributed by atoms with Gasteiger partial charge in [-0.05, 0) is 35.1 Å². The molecule has 0 atom stereocenters. The summed E-state index contributed by atoms with van der Waals surface area (Å²) in [4.78, 5) is 4.05. The highest BCUT2D eigenvalue weighted by atomic mass is 19.3. The van der Waals surface area contributed by atoms with Gasteiger partial charge in [0, 0.05) is 24.4 Å². The molecule has 1 aliphatic carbocycles. The molecule has 0 amide bonds. The molecule has 1 heterocycles. The largest absolute Gasteiger partial charge is 0.383 e. The predicted octanol–water partition coefficient (Wildman–Crippen LogP) is 4.02. The normalized spacial score (nSPS) is 18.3. The summed E-state index contributed by atoms with van der Waals surface area (Å²) < 4.78 is 26.3. The zero-order valence-electron chi connectivity index (χ0n) is 10.4. The number of aromatic nitrogens is 1. The maximum atomic E-state index is 13.1. The average molecular weight is 260 g/mol. The number of halogens is 2. The first-order valence-corrected chi connectivity index (χ1v) is 6.27. The topological polar surface area (TPSA) is 38.9 Å². The molecule has 0 saturated heterocycles. The maximum Gasteiger partial charge on any atom is 0.251 e. The predicted molar refractivity (Wildman–Crippen MR) is 72.9 cm³/mol. The van der Waals surface area contributed by atoms with Gasteiger partial charge in [0.15, 0.2) is 0 Å². The number of hydrogen-bond donors (Lipinski definition) is 1. The summed E-state index contributed by atoms with van der Waals surface area (Å²) in [6.07, 6.45) is 3.44. The summed E-state index contributed by atoms with van der Waals surface area (Å²) in [5, 5.41) is 1.89. The standard InChI is InChI=1S/C15H14F2N2/c16-15(17)6-3-10(4-7-15)12-2-1-11-5-8-19-14(18)13(11)9-12/h1-3,5,8-9H,4,6-7H2,(H2,18,19). The van der Waals surface area contributed by atoms with Gasteiger partial charge in [-0.1, -0.05) is 18.2 Å². The van der Waals surface area contributed by atoms with E-state index in [1.807, 2.05) is 24.3 Å². The van der Waals surface area contributed by atoms with E-state index in [2.05, 4.69) is 4.98 Å². The summed E-state index contributed by atoms with van der Waals surface area (Å²) in [6, 6.07) is 7.74. The van der Waals surface area contributed by atoms with Gasteiger partial charge >= 0.3 is 0 Å². The fraction of sp³-hybridized carbons (Fsp3) is 0.267. The van der Waals surface area contributed by atoms with E-state index in [1.54, 1.807) is 12.3 Å². The van der Waals surface area contributed by atoms with Crippen LogP contribution in [0.4, 0.5) is 14.6 Å². The molecule has 3 rings (SSSR count). The van der Waals surface area contributed by atoms with Crippen LogP contribution in [0.2, 0.25) is 0 Å². The van der Waals surface area contributed by atoms with Crippen molar-refractivity contribution in [2.24, 2.45) is 0 Å². The Hall–Kier alpha value is -1.97. The zero-order chi connectivity index (χ0) is 13.5. The first kappa shape index (κ1) is 12.1. The number of nitrogens with zero attached hydrogens (tertiary/aromatic N) is 1. The third-order valence-corrected chi connectivity index (χ3v) is 3.57. The first-order valence-electron chi connectivity index (χ1n) is 6.27. The van der Waals surface area contributed by atoms with Gasteiger partial charge in [-0.2, -0.15) is 0 Å². The highest BCUT2D eigenvalue weighted by Gasteiger charge is 2.30. The van der Waals surface area contributed by atoms with Crippen LogP contribution in [0.3, 0.4) is 0 Å². The number of nitrogen functional groups attached to an aromatic ring is 1. The number of anilines is 1. The number of benzene rings is 1. The molecule has 2 N–H and O–H groups in total. The lowest BCUT2D eigenvalue weighted by Gasteiger charge is -2.21. The van der Waals surface area contributed by atoms with Crippen molar-refractivity contribution in [1.29, 1.82) is 0 Å². The molecular weight excluding hydrogens is 246 g/mol. The Morgan fingerprint density at radius 1 is 1.21 bits per heavy atom. The minimum absolute atomic E-state index is 0.0839. The van der Waals surface area contributed by atoms with E-state index in [4.69, 9.17) is 5.73 Å². The quantitative estimate of drug-likeness (QED) is 0.841. The zero-order valence-corrected chi connectivity index (χ0v) is 10.4. The number of allylic oxidation sites excluding steroid dienone is 2. The summed E-state index contributed by atoms with van der Waals surface area (Å²) in [5.41, 5.74) is 7.78. The Morgan fingerprint density at radius 3 is 2.79 bits per heavy atom. The number of rotatable bonds is 1. The molecule has 1 aliphatic rings. The van der Waals surface area contributed by atoms with Gasteiger partial charge in [-0.25, -0.2) is 13.8 Å². The average Bonchev–Trinajstić information content (AvgIpc) is 2.39. The van der Waals surface area contributed by atoms with E-state index in [9.17, 15) is 8.78 Å². The van der Waals surface area contributed by atoms with E-state index in [0.717, 1.165) is 21.9 Å². The van der Waals surface area contributed by atoms with Gasteiger partial charge < -0.3 is 5.73 Å². The van der Waals surface area contributed by atoms with Gasteiger partial charge in [-0.3, -0.25) is 0 Å². The molecule has 19 heavy (non-hydrogen) atoms. The second kappa shape index (κ2) is 4.30. The van der Waals surface area contributed by atoms with Crippen molar-refractivity contribution in [2.45, 2.75) is 25.2 Å². The third-order valence-electron chi connectivity index (χ3n) is 3.57. The van der Waals surface area contributed by atoms with Crippen molar-refractivity contribution in [3.63, 3.8) is 0 Å². The monoisotopic (exact) mass is 260 g/mol. The van der Waals surface area contributed by atoms with Crippen LogP contribution < -0.4 is 5.73 Å². The second-order valence-electron chi connectivity index (χ2n) is 4.92. The Labute approximate surface area is 109 Å². The van der Waals surface area contributed by atoms with Crippen molar-refractivity contribution in [3.8, 4) is 0 Å². The molecule has 98 valence electrons. The lowest BCUT2D eigenvalue weighted by atomic mass is 9.90. The molecule has 1 aromatic carbocycles. The Morgan fingerprint density at radius 2 is 2.05 bits per heavy atom. The SMILES string of the molecule is Nc1nccc2ccc(C3=CCC(F)(F)CC3)cc12. The number of nitrogens with two attached hydrogens (primary N) is 1. The van der Waals surface area contributed by atoms with Crippen LogP contribution in [0.1, 0.15) is 24.8 Å². The molecule has 1 aromatic heterocycles. The second-order valence-corrected chi connectivity index (χ2v) is 4.92. The first-order chi connectivity index (χ1) is 9.05. The molecule has 0 fully saturated rings. The molecule has 0 aliphatic heterocycles. The molecule has 2 aromatic rings. The van der Waals surface area contributed by atoms with Gasteiger partial charge in [-0.15, -0.1) is 0 Å². The summed E-state index contributed by atoms with van der Waals surface area (Å²) in [7, 11) is 0. The van der Waals surface area contributed by atoms with Crippen LogP contribution >= 0.6 is 0 Å². The van der Waals surface area contributed by atoms with Crippen LogP contribution in [0.25, 0.3) is 16.3 Å². The lowest BCUT2D eigenvalue weighted by Crippen LogP contribution is -2.18. The van der Waals surface area contributed by atoms with Crippen molar-refractivity contribution in [3.05, 3.63) is 42.1 Å². The van der Waals surface area contributed by atoms with Gasteiger partial charge in [0.1, 0.15) is 5.82 Å². The smallest absolute Gasteiger partial charge is 0.251 e. The summed E-state index contributed by atoms with van der Waals surface area (Å²) in [5.74, 6) is -2.08. The fourth-order valence-corrected chi connectivity index (χ4v) is 2.45. The molecule has 0 saturated carbocycles. The van der Waals surface area contributed by atoms with Gasteiger partial charge in [0.05, 0.1) is 0 Å². The van der Waals surface area contributed by atoms with Crippen LogP contribution in [0.5, 0.6) is 0 Å². The minimum atomic E-state index is -2.55. The van der Waals surface area contributed by atoms with Gasteiger partial charge in [0.25, 0.3) is 5.92 Å². The minimum Gasteiger partial charge on any atom is -0.383 e. The van der Waals surface area contributed by atoms with Crippen LogP contribution in [0, 0.1) is 0 Å². The van der Waals surface area contributed by atoms with Crippen LogP contribution in [-0.2, 0) is 0 Å². The van der Waals surface area contributed by atoms with E-state index in [1.165, 1.54) is 0 Å². The molecule has 0 spiro atoms. The Balaban J connectivity index is 2.03. The van der Waals surface area contributed by atoms with Crippen molar-refractivity contribution < 1.29 is 8.78 Å². The molecule has 0 radical (unpaired) electrons.